The Bertz CT molecular complexity index is 820. The zero-order valence-electron chi connectivity index (χ0n) is 18.7. The minimum atomic E-state index is -0.515. The summed E-state index contributed by atoms with van der Waals surface area (Å²) < 4.78 is 10.9. The molecule has 0 unspecified atom stereocenters. The third-order valence-corrected chi connectivity index (χ3v) is 4.78. The van der Waals surface area contributed by atoms with E-state index in [2.05, 4.69) is 45.1 Å². The number of hydrogen-bond donors (Lipinski definition) is 1. The minimum Gasteiger partial charge on any atom is -0.489 e. The summed E-state index contributed by atoms with van der Waals surface area (Å²) in [6.07, 6.45) is 1.88. The van der Waals surface area contributed by atoms with E-state index >= 15 is 0 Å². The molecule has 1 N–H and O–H groups in total. The zero-order valence-corrected chi connectivity index (χ0v) is 18.7. The number of esters is 1. The van der Waals surface area contributed by atoms with Crippen LogP contribution in [0, 0.1) is 0 Å². The summed E-state index contributed by atoms with van der Waals surface area (Å²) in [5.41, 5.74) is 2.71. The van der Waals surface area contributed by atoms with Gasteiger partial charge in [0.05, 0.1) is 5.56 Å². The monoisotopic (exact) mass is 411 g/mol. The third kappa shape index (κ3) is 7.54. The van der Waals surface area contributed by atoms with E-state index in [0.717, 1.165) is 24.2 Å². The van der Waals surface area contributed by atoms with Gasteiger partial charge >= 0.3 is 5.97 Å². The normalized spacial score (nSPS) is 12.2. The van der Waals surface area contributed by atoms with Crippen LogP contribution < -0.4 is 10.1 Å². The van der Waals surface area contributed by atoms with Crippen LogP contribution in [0.2, 0.25) is 0 Å². The molecule has 2 rings (SSSR count). The molecule has 0 radical (unpaired) electrons. The van der Waals surface area contributed by atoms with E-state index < -0.39 is 5.97 Å². The first-order valence-corrected chi connectivity index (χ1v) is 10.5. The average molecular weight is 412 g/mol. The van der Waals surface area contributed by atoms with Crippen molar-refractivity contribution < 1.29 is 19.1 Å². The molecule has 2 aromatic rings. The molecule has 0 aliphatic heterocycles. The fraction of sp³-hybridized carbons (Fsp3) is 0.440. The molecular formula is C25H33NO4. The number of rotatable bonds is 9. The Morgan fingerprint density at radius 1 is 1.00 bits per heavy atom. The summed E-state index contributed by atoms with van der Waals surface area (Å²) in [5.74, 6) is 0.000122. The van der Waals surface area contributed by atoms with Gasteiger partial charge in [-0.3, -0.25) is 4.79 Å². The second-order valence-electron chi connectivity index (χ2n) is 8.59. The number of amides is 1. The maximum Gasteiger partial charge on any atom is 0.338 e. The fourth-order valence-electron chi connectivity index (χ4n) is 2.99. The smallest absolute Gasteiger partial charge is 0.338 e. The largest absolute Gasteiger partial charge is 0.489 e. The van der Waals surface area contributed by atoms with Gasteiger partial charge in [0.1, 0.15) is 12.4 Å². The van der Waals surface area contributed by atoms with Crippen LogP contribution in [0.15, 0.2) is 48.5 Å². The van der Waals surface area contributed by atoms with Gasteiger partial charge in [0, 0.05) is 6.04 Å². The molecule has 0 bridgehead atoms. The Morgan fingerprint density at radius 3 is 2.20 bits per heavy atom. The molecule has 5 heteroatoms. The van der Waals surface area contributed by atoms with Crippen LogP contribution in [-0.4, -0.2) is 24.5 Å². The first-order valence-electron chi connectivity index (χ1n) is 10.5. The molecule has 0 aliphatic rings. The highest BCUT2D eigenvalue weighted by Gasteiger charge is 2.14. The van der Waals surface area contributed by atoms with Gasteiger partial charge in [-0.25, -0.2) is 4.79 Å². The lowest BCUT2D eigenvalue weighted by molar-refractivity contribution is -0.124. The molecule has 1 atom stereocenters. The Labute approximate surface area is 179 Å². The Morgan fingerprint density at radius 2 is 1.63 bits per heavy atom. The quantitative estimate of drug-likeness (QED) is 0.588. The van der Waals surface area contributed by atoms with Gasteiger partial charge in [-0.15, -0.1) is 0 Å². The number of ether oxygens (including phenoxy) is 2. The highest BCUT2D eigenvalue weighted by atomic mass is 16.5. The fourth-order valence-corrected chi connectivity index (χ4v) is 2.99. The molecule has 0 spiro atoms. The molecule has 162 valence electrons. The number of carbonyl (C=O) groups is 2. The van der Waals surface area contributed by atoms with Crippen molar-refractivity contribution in [2.45, 2.75) is 65.5 Å². The molecule has 5 nitrogen and oxygen atoms in total. The molecule has 1 amide bonds. The van der Waals surface area contributed by atoms with Gasteiger partial charge in [-0.2, -0.15) is 0 Å². The standard InChI is InChI=1S/C25H33NO4/c1-6-7-18(2)26-23(27)17-30-24(28)20-10-8-19(9-11-20)16-29-22-14-12-21(13-15-22)25(3,4)5/h8-15,18H,6-7,16-17H2,1-5H3,(H,26,27)/t18-/m0/s1. The van der Waals surface area contributed by atoms with E-state index in [9.17, 15) is 9.59 Å². The van der Waals surface area contributed by atoms with Crippen LogP contribution in [0.4, 0.5) is 0 Å². The predicted molar refractivity (Wildman–Crippen MR) is 119 cm³/mol. The van der Waals surface area contributed by atoms with Crippen LogP contribution in [0.5, 0.6) is 5.75 Å². The van der Waals surface area contributed by atoms with E-state index in [4.69, 9.17) is 9.47 Å². The highest BCUT2D eigenvalue weighted by molar-refractivity contribution is 5.91. The first kappa shape index (κ1) is 23.5. The van der Waals surface area contributed by atoms with Gasteiger partial charge in [0.25, 0.3) is 5.91 Å². The van der Waals surface area contributed by atoms with E-state index in [1.807, 2.05) is 31.2 Å². The van der Waals surface area contributed by atoms with E-state index in [-0.39, 0.29) is 24.0 Å². The Balaban J connectivity index is 1.81. The van der Waals surface area contributed by atoms with Gasteiger partial charge in [0.15, 0.2) is 6.61 Å². The molecule has 0 aromatic heterocycles. The van der Waals surface area contributed by atoms with Crippen LogP contribution in [-0.2, 0) is 21.6 Å². The summed E-state index contributed by atoms with van der Waals surface area (Å²) in [5, 5.41) is 2.81. The first-order chi connectivity index (χ1) is 14.2. The Hall–Kier alpha value is -2.82. The summed E-state index contributed by atoms with van der Waals surface area (Å²) in [6, 6.07) is 15.2. The second kappa shape index (κ2) is 10.8. The van der Waals surface area contributed by atoms with Crippen molar-refractivity contribution in [1.82, 2.24) is 5.32 Å². The number of carbonyl (C=O) groups excluding carboxylic acids is 2. The van der Waals surface area contributed by atoms with E-state index in [1.165, 1.54) is 5.56 Å². The lowest BCUT2D eigenvalue weighted by Crippen LogP contribution is -2.35. The van der Waals surface area contributed by atoms with Crippen molar-refractivity contribution in [1.29, 1.82) is 0 Å². The van der Waals surface area contributed by atoms with Crippen LogP contribution in [0.3, 0.4) is 0 Å². The van der Waals surface area contributed by atoms with Crippen molar-refractivity contribution in [3.63, 3.8) is 0 Å². The summed E-state index contributed by atoms with van der Waals surface area (Å²) in [6.45, 7) is 10.6. The van der Waals surface area contributed by atoms with Gasteiger partial charge in [-0.05, 0) is 54.2 Å². The highest BCUT2D eigenvalue weighted by Crippen LogP contribution is 2.24. The molecular weight excluding hydrogens is 378 g/mol. The molecule has 2 aromatic carbocycles. The summed E-state index contributed by atoms with van der Waals surface area (Å²) in [7, 11) is 0. The Kier molecular flexibility index (Phi) is 8.46. The minimum absolute atomic E-state index is 0.0742. The van der Waals surface area contributed by atoms with Crippen LogP contribution >= 0.6 is 0 Å². The molecule has 0 aliphatic carbocycles. The molecule has 0 saturated heterocycles. The lowest BCUT2D eigenvalue weighted by Gasteiger charge is -2.19. The van der Waals surface area contributed by atoms with E-state index in [0.29, 0.717) is 12.2 Å². The topological polar surface area (TPSA) is 64.6 Å². The van der Waals surface area contributed by atoms with Crippen molar-refractivity contribution in [2.24, 2.45) is 0 Å². The molecule has 30 heavy (non-hydrogen) atoms. The second-order valence-corrected chi connectivity index (χ2v) is 8.59. The van der Waals surface area contributed by atoms with Crippen molar-refractivity contribution in [3.8, 4) is 5.75 Å². The summed E-state index contributed by atoms with van der Waals surface area (Å²) >= 11 is 0. The molecule has 0 saturated carbocycles. The van der Waals surface area contributed by atoms with Crippen LogP contribution in [0.1, 0.15) is 68.9 Å². The predicted octanol–water partition coefficient (Wildman–Crippen LogP) is 5.02. The maximum absolute atomic E-state index is 12.1. The molecule has 0 heterocycles. The number of nitrogens with one attached hydrogen (secondary N) is 1. The molecule has 0 fully saturated rings. The number of benzene rings is 2. The SMILES string of the molecule is CCC[C@H](C)NC(=O)COC(=O)c1ccc(COc2ccc(C(C)(C)C)cc2)cc1. The van der Waals surface area contributed by atoms with Crippen molar-refractivity contribution in [2.75, 3.05) is 6.61 Å². The lowest BCUT2D eigenvalue weighted by atomic mass is 9.87. The van der Waals surface area contributed by atoms with Gasteiger partial charge in [0.2, 0.25) is 0 Å². The van der Waals surface area contributed by atoms with Gasteiger partial charge in [-0.1, -0.05) is 58.4 Å². The number of hydrogen-bond acceptors (Lipinski definition) is 4. The van der Waals surface area contributed by atoms with E-state index in [1.54, 1.807) is 12.1 Å². The van der Waals surface area contributed by atoms with Gasteiger partial charge < -0.3 is 14.8 Å². The third-order valence-electron chi connectivity index (χ3n) is 4.78. The van der Waals surface area contributed by atoms with Crippen LogP contribution in [0.25, 0.3) is 0 Å². The average Bonchev–Trinajstić information content (AvgIpc) is 2.70. The van der Waals surface area contributed by atoms with Crippen molar-refractivity contribution >= 4 is 11.9 Å². The maximum atomic E-state index is 12.1. The zero-order chi connectivity index (χ0) is 22.1. The van der Waals surface area contributed by atoms with Crippen molar-refractivity contribution in [3.05, 3.63) is 65.2 Å². The summed E-state index contributed by atoms with van der Waals surface area (Å²) in [4.78, 5) is 23.9.